The molecule has 0 fully saturated rings. The Bertz CT molecular complexity index is 1180. The fourth-order valence-corrected chi connectivity index (χ4v) is 10.8. The number of allylic oxidation sites excluding steroid dienone is 2. The lowest BCUT2D eigenvalue weighted by Crippen LogP contribution is -2.30. The van der Waals surface area contributed by atoms with Crippen LogP contribution in [0, 0.1) is 0 Å². The van der Waals surface area contributed by atoms with Crippen molar-refractivity contribution in [3.63, 3.8) is 0 Å². The molecule has 0 rings (SSSR count). The van der Waals surface area contributed by atoms with Crippen LogP contribution in [0.4, 0.5) is 0 Å². The number of hydrogen-bond donors (Lipinski definition) is 0. The van der Waals surface area contributed by atoms with Gasteiger partial charge in [0.05, 0.1) is 0 Å². The average Bonchev–Trinajstić information content (AvgIpc) is 3.42. The Labute approximate surface area is 475 Å². The lowest BCUT2D eigenvalue weighted by Gasteiger charge is -2.18. The molecular formula is C70H134O6. The van der Waals surface area contributed by atoms with Crippen molar-refractivity contribution in [2.24, 2.45) is 0 Å². The van der Waals surface area contributed by atoms with Crippen LogP contribution in [0.2, 0.25) is 0 Å². The molecule has 6 heteroatoms. The summed E-state index contributed by atoms with van der Waals surface area (Å²) in [5.41, 5.74) is 0. The predicted octanol–water partition coefficient (Wildman–Crippen LogP) is 23.6. The average molecular weight is 1070 g/mol. The molecule has 0 aliphatic rings. The van der Waals surface area contributed by atoms with Gasteiger partial charge in [0.15, 0.2) is 6.10 Å². The van der Waals surface area contributed by atoms with Crippen LogP contribution in [0.5, 0.6) is 0 Å². The molecule has 0 aromatic carbocycles. The molecule has 0 saturated heterocycles. The highest BCUT2D eigenvalue weighted by atomic mass is 16.6. The zero-order chi connectivity index (χ0) is 55.0. The first-order valence-electron chi connectivity index (χ1n) is 34.7. The quantitative estimate of drug-likeness (QED) is 0.0261. The summed E-state index contributed by atoms with van der Waals surface area (Å²) in [5.74, 6) is -0.843. The van der Waals surface area contributed by atoms with E-state index in [1.165, 1.54) is 302 Å². The molecule has 0 spiro atoms. The topological polar surface area (TPSA) is 78.9 Å². The smallest absolute Gasteiger partial charge is 0.306 e. The van der Waals surface area contributed by atoms with Crippen molar-refractivity contribution in [1.29, 1.82) is 0 Å². The van der Waals surface area contributed by atoms with E-state index in [1.54, 1.807) is 0 Å². The molecule has 0 aliphatic carbocycles. The van der Waals surface area contributed by atoms with E-state index in [0.29, 0.717) is 19.3 Å². The fourth-order valence-electron chi connectivity index (χ4n) is 10.8. The molecule has 0 saturated carbocycles. The number of hydrogen-bond acceptors (Lipinski definition) is 6. The Morgan fingerprint density at radius 2 is 0.434 bits per heavy atom. The molecule has 1 atom stereocenters. The summed E-state index contributed by atoms with van der Waals surface area (Å²) in [7, 11) is 0. The first kappa shape index (κ1) is 74.2. The van der Waals surface area contributed by atoms with Crippen LogP contribution < -0.4 is 0 Å². The molecule has 450 valence electrons. The third kappa shape index (κ3) is 63.0. The van der Waals surface area contributed by atoms with Crippen molar-refractivity contribution in [2.45, 2.75) is 406 Å². The molecule has 1 unspecified atom stereocenters. The summed E-state index contributed by atoms with van der Waals surface area (Å²) in [6.45, 7) is 6.66. The largest absolute Gasteiger partial charge is 0.462 e. The van der Waals surface area contributed by atoms with Crippen molar-refractivity contribution in [3.05, 3.63) is 12.2 Å². The highest BCUT2D eigenvalue weighted by Crippen LogP contribution is 2.19. The summed E-state index contributed by atoms with van der Waals surface area (Å²) in [6.07, 6.45) is 78.6. The van der Waals surface area contributed by atoms with Gasteiger partial charge in [0.2, 0.25) is 0 Å². The first-order valence-corrected chi connectivity index (χ1v) is 34.7. The van der Waals surface area contributed by atoms with Gasteiger partial charge >= 0.3 is 17.9 Å². The molecule has 0 amide bonds. The minimum absolute atomic E-state index is 0.0638. The van der Waals surface area contributed by atoms with Crippen molar-refractivity contribution in [1.82, 2.24) is 0 Å². The van der Waals surface area contributed by atoms with E-state index in [9.17, 15) is 14.4 Å². The molecule has 6 nitrogen and oxygen atoms in total. The molecule has 0 aromatic rings. The van der Waals surface area contributed by atoms with Crippen molar-refractivity contribution in [3.8, 4) is 0 Å². The standard InChI is InChI=1S/C70H134O6/c1-4-7-10-13-16-18-20-22-24-26-28-30-32-34-35-37-38-40-42-44-46-48-50-52-54-57-60-63-69(72)75-66-67(65-74-68(71)62-59-56-15-12-9-6-3)76-70(73)64-61-58-55-53-51-49-47-45-43-41-39-36-33-31-29-27-25-23-21-19-17-14-11-8-5-2/h26,28,67H,4-25,27,29-66H2,1-3H3/b28-26-. The van der Waals surface area contributed by atoms with Gasteiger partial charge in [0.1, 0.15) is 13.2 Å². The molecule has 0 bridgehead atoms. The summed E-state index contributed by atoms with van der Waals surface area (Å²) in [5, 5.41) is 0. The monoisotopic (exact) mass is 1070 g/mol. The van der Waals surface area contributed by atoms with Crippen LogP contribution in [-0.2, 0) is 28.6 Å². The Kier molecular flexibility index (Phi) is 64.1. The normalized spacial score (nSPS) is 12.0. The second kappa shape index (κ2) is 65.7. The van der Waals surface area contributed by atoms with Gasteiger partial charge in [0, 0.05) is 19.3 Å². The highest BCUT2D eigenvalue weighted by molar-refractivity contribution is 5.71. The fraction of sp³-hybridized carbons (Fsp3) is 0.929. The van der Waals surface area contributed by atoms with E-state index in [4.69, 9.17) is 14.2 Å². The first-order chi connectivity index (χ1) is 37.5. The maximum atomic E-state index is 12.9. The van der Waals surface area contributed by atoms with Crippen LogP contribution in [-0.4, -0.2) is 37.2 Å². The summed E-state index contributed by atoms with van der Waals surface area (Å²) < 4.78 is 16.9. The Morgan fingerprint density at radius 1 is 0.250 bits per heavy atom. The van der Waals surface area contributed by atoms with Gasteiger partial charge in [-0.05, 0) is 44.9 Å². The second-order valence-electron chi connectivity index (χ2n) is 23.8. The molecular weight excluding hydrogens is 937 g/mol. The van der Waals surface area contributed by atoms with Gasteiger partial charge in [-0.2, -0.15) is 0 Å². The van der Waals surface area contributed by atoms with Crippen molar-refractivity contribution >= 4 is 17.9 Å². The molecule has 0 radical (unpaired) electrons. The maximum Gasteiger partial charge on any atom is 0.306 e. The zero-order valence-corrected chi connectivity index (χ0v) is 51.8. The summed E-state index contributed by atoms with van der Waals surface area (Å²) in [6, 6.07) is 0. The summed E-state index contributed by atoms with van der Waals surface area (Å²) >= 11 is 0. The van der Waals surface area contributed by atoms with Gasteiger partial charge in [-0.3, -0.25) is 14.4 Å². The van der Waals surface area contributed by atoms with Gasteiger partial charge in [0.25, 0.3) is 0 Å². The van der Waals surface area contributed by atoms with Crippen molar-refractivity contribution in [2.75, 3.05) is 13.2 Å². The van der Waals surface area contributed by atoms with E-state index < -0.39 is 6.10 Å². The van der Waals surface area contributed by atoms with Crippen LogP contribution in [0.1, 0.15) is 400 Å². The van der Waals surface area contributed by atoms with Gasteiger partial charge in [-0.15, -0.1) is 0 Å². The predicted molar refractivity (Wildman–Crippen MR) is 330 cm³/mol. The van der Waals surface area contributed by atoms with Crippen LogP contribution in [0.3, 0.4) is 0 Å². The summed E-state index contributed by atoms with van der Waals surface area (Å²) in [4.78, 5) is 38.1. The number of esters is 3. The second-order valence-corrected chi connectivity index (χ2v) is 23.8. The minimum atomic E-state index is -0.763. The zero-order valence-electron chi connectivity index (χ0n) is 51.8. The maximum absolute atomic E-state index is 12.9. The highest BCUT2D eigenvalue weighted by Gasteiger charge is 2.19. The van der Waals surface area contributed by atoms with E-state index in [0.717, 1.165) is 57.8 Å². The molecule has 76 heavy (non-hydrogen) atoms. The Balaban J connectivity index is 3.97. The number of unbranched alkanes of at least 4 members (excludes halogenated alkanes) is 52. The van der Waals surface area contributed by atoms with Crippen LogP contribution in [0.15, 0.2) is 12.2 Å². The van der Waals surface area contributed by atoms with Gasteiger partial charge < -0.3 is 14.2 Å². The Morgan fingerprint density at radius 3 is 0.658 bits per heavy atom. The third-order valence-corrected chi connectivity index (χ3v) is 16.0. The number of rotatable bonds is 65. The number of carbonyl (C=O) groups excluding carboxylic acids is 3. The lowest BCUT2D eigenvalue weighted by molar-refractivity contribution is -0.167. The van der Waals surface area contributed by atoms with Crippen LogP contribution >= 0.6 is 0 Å². The van der Waals surface area contributed by atoms with E-state index in [2.05, 4.69) is 32.9 Å². The van der Waals surface area contributed by atoms with Gasteiger partial charge in [-0.25, -0.2) is 0 Å². The molecule has 0 aromatic heterocycles. The van der Waals surface area contributed by atoms with Crippen molar-refractivity contribution < 1.29 is 28.6 Å². The molecule has 0 heterocycles. The lowest BCUT2D eigenvalue weighted by atomic mass is 10.0. The molecule has 0 N–H and O–H groups in total. The SMILES string of the molecule is CCCCCCCCCC/C=C\CCCCCCCCCCCCCCCCCC(=O)OCC(COC(=O)CCCCCCCC)OC(=O)CCCCCCCCCCCCCCCCCCCCCCCCCCC. The van der Waals surface area contributed by atoms with Crippen LogP contribution in [0.25, 0.3) is 0 Å². The van der Waals surface area contributed by atoms with E-state index in [1.807, 2.05) is 0 Å². The van der Waals surface area contributed by atoms with E-state index in [-0.39, 0.29) is 31.1 Å². The molecule has 0 aliphatic heterocycles. The van der Waals surface area contributed by atoms with E-state index >= 15 is 0 Å². The number of ether oxygens (including phenoxy) is 3. The Hall–Kier alpha value is -1.85. The minimum Gasteiger partial charge on any atom is -0.462 e. The van der Waals surface area contributed by atoms with Gasteiger partial charge in [-0.1, -0.05) is 348 Å². The number of carbonyl (C=O) groups is 3. The third-order valence-electron chi connectivity index (χ3n) is 16.0.